The standard InChI is InChI=1S/C27H32N2O5/c1-3-29(17(2)26(31)32)25(30)19-14-8-9-18(19)15-28-27(33)34-16-24-22-12-6-4-10-20(22)21-11-5-7-13-23(21)24/h4-7,10-13,17-19,24H,3,8-9,14-16H2,1-2H3,(H,28,33)(H,31,32)/t17?,18-,19-/m1/s1. The summed E-state index contributed by atoms with van der Waals surface area (Å²) in [6.45, 7) is 4.24. The second-order valence-electron chi connectivity index (χ2n) is 9.14. The Labute approximate surface area is 200 Å². The number of hydrogen-bond acceptors (Lipinski definition) is 4. The van der Waals surface area contributed by atoms with Crippen LogP contribution in [0.3, 0.4) is 0 Å². The van der Waals surface area contributed by atoms with Gasteiger partial charge in [0.05, 0.1) is 0 Å². The number of hydrogen-bond donors (Lipinski definition) is 2. The minimum atomic E-state index is -1.01. The second-order valence-corrected chi connectivity index (χ2v) is 9.14. The minimum Gasteiger partial charge on any atom is -0.480 e. The summed E-state index contributed by atoms with van der Waals surface area (Å²) in [4.78, 5) is 38.4. The molecule has 180 valence electrons. The zero-order valence-electron chi connectivity index (χ0n) is 19.7. The molecule has 0 saturated heterocycles. The summed E-state index contributed by atoms with van der Waals surface area (Å²) >= 11 is 0. The first-order chi connectivity index (χ1) is 16.4. The van der Waals surface area contributed by atoms with Crippen LogP contribution in [-0.2, 0) is 14.3 Å². The van der Waals surface area contributed by atoms with Crippen LogP contribution in [0.25, 0.3) is 11.1 Å². The van der Waals surface area contributed by atoms with Gasteiger partial charge in [-0.15, -0.1) is 0 Å². The summed E-state index contributed by atoms with van der Waals surface area (Å²) in [5.41, 5.74) is 4.67. The predicted molar refractivity (Wildman–Crippen MR) is 128 cm³/mol. The van der Waals surface area contributed by atoms with E-state index in [1.54, 1.807) is 6.92 Å². The summed E-state index contributed by atoms with van der Waals surface area (Å²) < 4.78 is 5.61. The molecule has 2 amide bonds. The zero-order chi connectivity index (χ0) is 24.2. The third-order valence-corrected chi connectivity index (χ3v) is 7.28. The van der Waals surface area contributed by atoms with Gasteiger partial charge in [-0.25, -0.2) is 9.59 Å². The normalized spacial score (nSPS) is 19.7. The Kier molecular flexibility index (Phi) is 7.20. The van der Waals surface area contributed by atoms with Crippen LogP contribution in [0.2, 0.25) is 0 Å². The van der Waals surface area contributed by atoms with Gasteiger partial charge in [-0.05, 0) is 54.9 Å². The molecule has 0 aliphatic heterocycles. The van der Waals surface area contributed by atoms with Gasteiger partial charge in [-0.1, -0.05) is 55.0 Å². The number of carbonyl (C=O) groups is 3. The van der Waals surface area contributed by atoms with Crippen LogP contribution in [-0.4, -0.2) is 53.7 Å². The summed E-state index contributed by atoms with van der Waals surface area (Å²) in [7, 11) is 0. The molecule has 0 radical (unpaired) electrons. The third-order valence-electron chi connectivity index (χ3n) is 7.28. The molecule has 7 heteroatoms. The van der Waals surface area contributed by atoms with Crippen molar-refractivity contribution in [2.75, 3.05) is 19.7 Å². The number of alkyl carbamates (subject to hydrolysis) is 1. The van der Waals surface area contributed by atoms with Crippen molar-refractivity contribution in [3.8, 4) is 11.1 Å². The Hall–Kier alpha value is -3.35. The molecule has 2 aromatic rings. The number of aliphatic carboxylic acids is 1. The molecule has 1 saturated carbocycles. The molecule has 7 nitrogen and oxygen atoms in total. The fourth-order valence-corrected chi connectivity index (χ4v) is 5.44. The number of carboxylic acids is 1. The SMILES string of the molecule is CCN(C(=O)[C@@H]1CCC[C@@H]1CNC(=O)OCC1c2ccccc2-c2ccccc21)C(C)C(=O)O. The maximum absolute atomic E-state index is 13.0. The molecule has 4 rings (SSSR count). The quantitative estimate of drug-likeness (QED) is 0.609. The first-order valence-corrected chi connectivity index (χ1v) is 12.0. The fourth-order valence-electron chi connectivity index (χ4n) is 5.44. The number of nitrogens with zero attached hydrogens (tertiary/aromatic N) is 1. The van der Waals surface area contributed by atoms with Crippen molar-refractivity contribution >= 4 is 18.0 Å². The summed E-state index contributed by atoms with van der Waals surface area (Å²) in [6, 6.07) is 15.5. The van der Waals surface area contributed by atoms with E-state index < -0.39 is 18.1 Å². The van der Waals surface area contributed by atoms with E-state index in [-0.39, 0.29) is 30.3 Å². The highest BCUT2D eigenvalue weighted by Gasteiger charge is 2.38. The van der Waals surface area contributed by atoms with Crippen LogP contribution in [0.4, 0.5) is 4.79 Å². The van der Waals surface area contributed by atoms with E-state index in [4.69, 9.17) is 4.74 Å². The summed E-state index contributed by atoms with van der Waals surface area (Å²) in [6.07, 6.45) is 1.91. The number of fused-ring (bicyclic) bond motifs is 3. The Bertz CT molecular complexity index is 1020. The largest absolute Gasteiger partial charge is 0.480 e. The lowest BCUT2D eigenvalue weighted by Gasteiger charge is -2.30. The van der Waals surface area contributed by atoms with Crippen LogP contribution >= 0.6 is 0 Å². The van der Waals surface area contributed by atoms with E-state index in [0.29, 0.717) is 19.5 Å². The maximum atomic E-state index is 13.0. The number of carboxylic acid groups (broad SMARTS) is 1. The van der Waals surface area contributed by atoms with E-state index in [9.17, 15) is 19.5 Å². The maximum Gasteiger partial charge on any atom is 0.407 e. The number of rotatable bonds is 8. The molecule has 2 aliphatic rings. The first-order valence-electron chi connectivity index (χ1n) is 12.0. The Morgan fingerprint density at radius 1 is 1.06 bits per heavy atom. The molecule has 1 unspecified atom stereocenters. The monoisotopic (exact) mass is 464 g/mol. The Morgan fingerprint density at radius 2 is 1.68 bits per heavy atom. The minimum absolute atomic E-state index is 0.00502. The van der Waals surface area contributed by atoms with Gasteiger partial charge in [0.25, 0.3) is 0 Å². The highest BCUT2D eigenvalue weighted by molar-refractivity contribution is 5.85. The fraction of sp³-hybridized carbons (Fsp3) is 0.444. The van der Waals surface area contributed by atoms with Crippen LogP contribution in [0.5, 0.6) is 0 Å². The van der Waals surface area contributed by atoms with Gasteiger partial charge in [0, 0.05) is 24.9 Å². The van der Waals surface area contributed by atoms with E-state index in [1.807, 2.05) is 24.3 Å². The van der Waals surface area contributed by atoms with E-state index >= 15 is 0 Å². The zero-order valence-corrected chi connectivity index (χ0v) is 19.7. The second kappa shape index (κ2) is 10.3. The Morgan fingerprint density at radius 3 is 2.26 bits per heavy atom. The van der Waals surface area contributed by atoms with Gasteiger partial charge in [0.15, 0.2) is 0 Å². The first kappa shape index (κ1) is 23.8. The van der Waals surface area contributed by atoms with Crippen molar-refractivity contribution in [3.63, 3.8) is 0 Å². The molecule has 1 fully saturated rings. The molecule has 3 atom stereocenters. The molecule has 0 bridgehead atoms. The Balaban J connectivity index is 1.34. The molecule has 0 spiro atoms. The van der Waals surface area contributed by atoms with Crippen LogP contribution in [0.1, 0.15) is 50.2 Å². The van der Waals surface area contributed by atoms with Gasteiger partial charge in [0.1, 0.15) is 12.6 Å². The van der Waals surface area contributed by atoms with E-state index in [2.05, 4.69) is 29.6 Å². The molecule has 2 aromatic carbocycles. The predicted octanol–water partition coefficient (Wildman–Crippen LogP) is 4.26. The number of likely N-dealkylation sites (N-methyl/N-ethyl adjacent to an activating group) is 1. The number of ether oxygens (including phenoxy) is 1. The van der Waals surface area contributed by atoms with Crippen LogP contribution in [0, 0.1) is 11.8 Å². The summed E-state index contributed by atoms with van der Waals surface area (Å²) in [5.74, 6) is -1.47. The van der Waals surface area contributed by atoms with Crippen LogP contribution in [0.15, 0.2) is 48.5 Å². The topological polar surface area (TPSA) is 95.9 Å². The average molecular weight is 465 g/mol. The number of amides is 2. The molecule has 2 N–H and O–H groups in total. The smallest absolute Gasteiger partial charge is 0.407 e. The van der Waals surface area contributed by atoms with Crippen molar-refractivity contribution in [1.82, 2.24) is 10.2 Å². The van der Waals surface area contributed by atoms with Crippen molar-refractivity contribution in [3.05, 3.63) is 59.7 Å². The van der Waals surface area contributed by atoms with Crippen molar-refractivity contribution in [2.45, 2.75) is 45.1 Å². The molecule has 2 aliphatic carbocycles. The summed E-state index contributed by atoms with van der Waals surface area (Å²) in [5, 5.41) is 12.2. The molecular formula is C27H32N2O5. The molecular weight excluding hydrogens is 432 g/mol. The molecule has 34 heavy (non-hydrogen) atoms. The van der Waals surface area contributed by atoms with E-state index in [0.717, 1.165) is 24.0 Å². The lowest BCUT2D eigenvalue weighted by Crippen LogP contribution is -2.47. The lowest BCUT2D eigenvalue weighted by molar-refractivity contribution is -0.151. The van der Waals surface area contributed by atoms with Gasteiger partial charge in [0.2, 0.25) is 5.91 Å². The molecule has 0 aromatic heterocycles. The number of benzene rings is 2. The lowest BCUT2D eigenvalue weighted by atomic mass is 9.94. The molecule has 0 heterocycles. The van der Waals surface area contributed by atoms with Gasteiger partial charge in [-0.2, -0.15) is 0 Å². The van der Waals surface area contributed by atoms with Gasteiger partial charge in [-0.3, -0.25) is 4.79 Å². The third kappa shape index (κ3) is 4.65. The van der Waals surface area contributed by atoms with Gasteiger partial charge >= 0.3 is 12.1 Å². The van der Waals surface area contributed by atoms with Crippen molar-refractivity contribution in [1.29, 1.82) is 0 Å². The van der Waals surface area contributed by atoms with Crippen LogP contribution < -0.4 is 5.32 Å². The van der Waals surface area contributed by atoms with E-state index in [1.165, 1.54) is 23.0 Å². The number of nitrogens with one attached hydrogen (secondary N) is 1. The van der Waals surface area contributed by atoms with Gasteiger partial charge < -0.3 is 20.1 Å². The van der Waals surface area contributed by atoms with Crippen molar-refractivity contribution < 1.29 is 24.2 Å². The average Bonchev–Trinajstić information content (AvgIpc) is 3.44. The highest BCUT2D eigenvalue weighted by atomic mass is 16.5. The van der Waals surface area contributed by atoms with Crippen molar-refractivity contribution in [2.24, 2.45) is 11.8 Å². The number of carbonyl (C=O) groups excluding carboxylic acids is 2. The highest BCUT2D eigenvalue weighted by Crippen LogP contribution is 2.44.